The molecule has 0 aliphatic heterocycles. The van der Waals surface area contributed by atoms with E-state index < -0.39 is 0 Å². The van der Waals surface area contributed by atoms with Gasteiger partial charge in [-0.15, -0.1) is 0 Å². The third-order valence-electron chi connectivity index (χ3n) is 3.67. The van der Waals surface area contributed by atoms with Gasteiger partial charge in [0.1, 0.15) is 5.76 Å². The first-order valence-corrected chi connectivity index (χ1v) is 6.72. The van der Waals surface area contributed by atoms with E-state index in [9.17, 15) is 4.79 Å². The summed E-state index contributed by atoms with van der Waals surface area (Å²) in [7, 11) is 1.41. The van der Waals surface area contributed by atoms with Crippen LogP contribution in [0.15, 0.2) is 63.8 Å². The number of hydrogen-bond acceptors (Lipinski definition) is 3. The Morgan fingerprint density at radius 2 is 2.20 bits per heavy atom. The van der Waals surface area contributed by atoms with Gasteiger partial charge in [-0.1, -0.05) is 18.2 Å². The van der Waals surface area contributed by atoms with Crippen LogP contribution in [-0.2, 0) is 9.53 Å². The number of hydrogen-bond donors (Lipinski definition) is 0. The first-order valence-electron chi connectivity index (χ1n) is 6.72. The molecule has 3 nitrogen and oxygen atoms in total. The first kappa shape index (κ1) is 12.7. The molecule has 2 aliphatic rings. The summed E-state index contributed by atoms with van der Waals surface area (Å²) in [6.45, 7) is 0. The summed E-state index contributed by atoms with van der Waals surface area (Å²) in [4.78, 5) is 11.6. The lowest BCUT2D eigenvalue weighted by Gasteiger charge is -2.17. The largest absolute Gasteiger partial charge is 0.465 e. The third-order valence-corrected chi connectivity index (χ3v) is 3.67. The number of esters is 1. The lowest BCUT2D eigenvalue weighted by atomic mass is 9.88. The highest BCUT2D eigenvalue weighted by molar-refractivity contribution is 5.92. The van der Waals surface area contributed by atoms with Crippen molar-refractivity contribution in [2.24, 2.45) is 0 Å². The van der Waals surface area contributed by atoms with E-state index in [1.807, 2.05) is 30.4 Å². The van der Waals surface area contributed by atoms with Crippen molar-refractivity contribution in [3.8, 4) is 0 Å². The van der Waals surface area contributed by atoms with E-state index >= 15 is 0 Å². The van der Waals surface area contributed by atoms with Crippen LogP contribution >= 0.6 is 0 Å². The maximum absolute atomic E-state index is 11.6. The van der Waals surface area contributed by atoms with E-state index in [1.165, 1.54) is 18.3 Å². The van der Waals surface area contributed by atoms with E-state index in [0.29, 0.717) is 5.57 Å². The summed E-state index contributed by atoms with van der Waals surface area (Å²) in [6.07, 6.45) is 12.4. The summed E-state index contributed by atoms with van der Waals surface area (Å²) in [5.74, 6) is 0.602. The van der Waals surface area contributed by atoms with Crippen molar-refractivity contribution in [2.45, 2.75) is 19.3 Å². The van der Waals surface area contributed by atoms with Crippen molar-refractivity contribution < 1.29 is 13.9 Å². The number of carbonyl (C=O) groups excluding carboxylic acids is 1. The number of ether oxygens (including phenoxy) is 1. The molecular formula is C17H16O3. The molecule has 0 saturated heterocycles. The Kier molecular flexibility index (Phi) is 3.42. The lowest BCUT2D eigenvalue weighted by molar-refractivity contribution is -0.135. The number of methoxy groups -OCH3 is 1. The van der Waals surface area contributed by atoms with Crippen LogP contribution in [0, 0.1) is 0 Å². The first-order chi connectivity index (χ1) is 9.79. The molecule has 0 fully saturated rings. The summed E-state index contributed by atoms with van der Waals surface area (Å²) in [5.41, 5.74) is 4.26. The van der Waals surface area contributed by atoms with E-state index in [1.54, 1.807) is 6.26 Å². The fourth-order valence-electron chi connectivity index (χ4n) is 2.66. The van der Waals surface area contributed by atoms with E-state index in [4.69, 9.17) is 9.15 Å². The van der Waals surface area contributed by atoms with Gasteiger partial charge >= 0.3 is 5.97 Å². The van der Waals surface area contributed by atoms with Crippen molar-refractivity contribution in [1.82, 2.24) is 0 Å². The molecule has 1 aromatic heterocycles. The molecule has 0 bridgehead atoms. The van der Waals surface area contributed by atoms with E-state index in [2.05, 4.69) is 6.08 Å². The second-order valence-corrected chi connectivity index (χ2v) is 4.83. The van der Waals surface area contributed by atoms with Gasteiger partial charge in [-0.25, -0.2) is 4.79 Å². The van der Waals surface area contributed by atoms with Crippen LogP contribution in [0.2, 0.25) is 0 Å². The van der Waals surface area contributed by atoms with Crippen LogP contribution in [-0.4, -0.2) is 13.1 Å². The monoisotopic (exact) mass is 268 g/mol. The Labute approximate surface area is 117 Å². The highest BCUT2D eigenvalue weighted by Crippen LogP contribution is 2.37. The van der Waals surface area contributed by atoms with Gasteiger partial charge in [-0.05, 0) is 48.6 Å². The molecule has 3 heteroatoms. The zero-order valence-electron chi connectivity index (χ0n) is 11.4. The Morgan fingerprint density at radius 3 is 2.95 bits per heavy atom. The molecule has 102 valence electrons. The number of carbonyl (C=O) groups is 1. The van der Waals surface area contributed by atoms with E-state index in [-0.39, 0.29) is 5.97 Å². The van der Waals surface area contributed by atoms with Crippen LogP contribution in [0.1, 0.15) is 25.0 Å². The fraction of sp³-hybridized carbons (Fsp3) is 0.235. The van der Waals surface area contributed by atoms with Gasteiger partial charge in [0.2, 0.25) is 0 Å². The minimum Gasteiger partial charge on any atom is -0.465 e. The number of rotatable bonds is 2. The minimum absolute atomic E-state index is 0.287. The highest BCUT2D eigenvalue weighted by Gasteiger charge is 2.20. The predicted molar refractivity (Wildman–Crippen MR) is 76.8 cm³/mol. The van der Waals surface area contributed by atoms with Crippen molar-refractivity contribution in [1.29, 1.82) is 0 Å². The molecule has 0 spiro atoms. The molecule has 0 atom stereocenters. The molecule has 0 aromatic carbocycles. The van der Waals surface area contributed by atoms with Crippen molar-refractivity contribution in [3.63, 3.8) is 0 Å². The van der Waals surface area contributed by atoms with Gasteiger partial charge in [0.05, 0.1) is 18.9 Å². The van der Waals surface area contributed by atoms with Gasteiger partial charge in [0.25, 0.3) is 0 Å². The molecule has 0 amide bonds. The molecule has 1 heterocycles. The third kappa shape index (κ3) is 2.27. The van der Waals surface area contributed by atoms with Gasteiger partial charge in [0, 0.05) is 5.57 Å². The van der Waals surface area contributed by atoms with Crippen molar-refractivity contribution in [3.05, 3.63) is 65.2 Å². The topological polar surface area (TPSA) is 39.4 Å². The normalized spacial score (nSPS) is 18.1. The Bertz CT molecular complexity index is 640. The van der Waals surface area contributed by atoms with Crippen molar-refractivity contribution >= 4 is 11.5 Å². The van der Waals surface area contributed by atoms with Crippen molar-refractivity contribution in [2.75, 3.05) is 7.11 Å². The fourth-order valence-corrected chi connectivity index (χ4v) is 2.66. The molecule has 2 aliphatic carbocycles. The Hall–Kier alpha value is -2.29. The number of furan rings is 1. The van der Waals surface area contributed by atoms with Gasteiger partial charge in [-0.2, -0.15) is 0 Å². The lowest BCUT2D eigenvalue weighted by Crippen LogP contribution is -2.02. The summed E-state index contributed by atoms with van der Waals surface area (Å²) >= 11 is 0. The average molecular weight is 268 g/mol. The quantitative estimate of drug-likeness (QED) is 0.766. The zero-order chi connectivity index (χ0) is 13.9. The van der Waals surface area contributed by atoms with Crippen LogP contribution in [0.25, 0.3) is 5.57 Å². The SMILES string of the molecule is COC(=O)C1=CCC2=C(C=C1)CCC=C2c1ccco1. The maximum atomic E-state index is 11.6. The minimum atomic E-state index is -0.287. The van der Waals surface area contributed by atoms with Gasteiger partial charge in [0.15, 0.2) is 0 Å². The Morgan fingerprint density at radius 1 is 1.30 bits per heavy atom. The standard InChI is InChI=1S/C17H16O3/c1-19-17(18)13-8-7-12-4-2-5-15(14(12)10-9-13)16-6-3-11-20-16/h3,5-9,11H,2,4,10H2,1H3. The average Bonchev–Trinajstić information content (AvgIpc) is 2.92. The zero-order valence-corrected chi connectivity index (χ0v) is 11.4. The predicted octanol–water partition coefficient (Wildman–Crippen LogP) is 3.81. The molecule has 1 aromatic rings. The second kappa shape index (κ2) is 5.37. The molecule has 0 N–H and O–H groups in total. The smallest absolute Gasteiger partial charge is 0.337 e. The highest BCUT2D eigenvalue weighted by atomic mass is 16.5. The van der Waals surface area contributed by atoms with Gasteiger partial charge < -0.3 is 9.15 Å². The molecule has 20 heavy (non-hydrogen) atoms. The van der Waals surface area contributed by atoms with Crippen LogP contribution in [0.5, 0.6) is 0 Å². The van der Waals surface area contributed by atoms with Crippen LogP contribution in [0.3, 0.4) is 0 Å². The summed E-state index contributed by atoms with van der Waals surface area (Å²) in [5, 5.41) is 0. The van der Waals surface area contributed by atoms with Crippen LogP contribution < -0.4 is 0 Å². The van der Waals surface area contributed by atoms with E-state index in [0.717, 1.165) is 30.6 Å². The number of allylic oxidation sites excluding steroid dienone is 6. The molecule has 3 rings (SSSR count). The van der Waals surface area contributed by atoms with Crippen LogP contribution in [0.4, 0.5) is 0 Å². The second-order valence-electron chi connectivity index (χ2n) is 4.83. The Balaban J connectivity index is 1.95. The molecule has 0 radical (unpaired) electrons. The molecule has 0 unspecified atom stereocenters. The molecule has 0 saturated carbocycles. The maximum Gasteiger partial charge on any atom is 0.337 e. The summed E-state index contributed by atoms with van der Waals surface area (Å²) in [6, 6.07) is 3.87. The molecular weight excluding hydrogens is 252 g/mol. The summed E-state index contributed by atoms with van der Waals surface area (Å²) < 4.78 is 10.3. The van der Waals surface area contributed by atoms with Gasteiger partial charge in [-0.3, -0.25) is 0 Å².